The molecule has 1 heterocycles. The van der Waals surface area contributed by atoms with Gasteiger partial charge in [-0.25, -0.2) is 4.79 Å². The van der Waals surface area contributed by atoms with Gasteiger partial charge in [0.05, 0.1) is 7.11 Å². The van der Waals surface area contributed by atoms with Gasteiger partial charge in [-0.05, 0) is 49.3 Å². The van der Waals surface area contributed by atoms with Crippen LogP contribution in [0.15, 0.2) is 18.2 Å². The minimum atomic E-state index is -3.00. The summed E-state index contributed by atoms with van der Waals surface area (Å²) in [6, 6.07) is 3.53. The molecule has 1 aromatic rings. The summed E-state index contributed by atoms with van der Waals surface area (Å²) in [6.45, 7) is -1.57. The molecule has 0 radical (unpaired) electrons. The summed E-state index contributed by atoms with van der Waals surface area (Å²) in [5.41, 5.74) is -0.450. The van der Waals surface area contributed by atoms with Gasteiger partial charge in [-0.2, -0.15) is 8.78 Å². The molecule has 0 unspecified atom stereocenters. The minimum Gasteiger partial charge on any atom is -0.493 e. The fourth-order valence-electron chi connectivity index (χ4n) is 3.75. The monoisotopic (exact) mass is 426 g/mol. The van der Waals surface area contributed by atoms with Crippen molar-refractivity contribution in [1.29, 1.82) is 0 Å². The van der Waals surface area contributed by atoms with Gasteiger partial charge in [0.15, 0.2) is 11.5 Å². The normalized spacial score (nSPS) is 23.6. The molecule has 3 rings (SSSR count). The number of carbonyl (C=O) groups excluding carboxylic acids is 3. The number of urea groups is 1. The first-order valence-electron chi connectivity index (χ1n) is 9.65. The van der Waals surface area contributed by atoms with Crippen LogP contribution in [0.3, 0.4) is 0 Å². The second kappa shape index (κ2) is 8.85. The molecular formula is C20H24F2N2O6. The van der Waals surface area contributed by atoms with E-state index in [1.165, 1.54) is 25.3 Å². The Bertz CT molecular complexity index is 824. The summed E-state index contributed by atoms with van der Waals surface area (Å²) in [7, 11) is 1.29. The molecule has 10 heteroatoms. The van der Waals surface area contributed by atoms with Gasteiger partial charge in [-0.3, -0.25) is 14.5 Å². The van der Waals surface area contributed by atoms with E-state index in [2.05, 4.69) is 17.0 Å². The number of imide groups is 1. The molecule has 164 valence electrons. The van der Waals surface area contributed by atoms with Gasteiger partial charge in [-0.15, -0.1) is 0 Å². The number of amides is 3. The van der Waals surface area contributed by atoms with Crippen LogP contribution in [0.25, 0.3) is 0 Å². The van der Waals surface area contributed by atoms with Gasteiger partial charge in [0.2, 0.25) is 0 Å². The van der Waals surface area contributed by atoms with Crippen molar-refractivity contribution in [2.75, 3.05) is 13.7 Å². The smallest absolute Gasteiger partial charge is 0.387 e. The van der Waals surface area contributed by atoms with Gasteiger partial charge < -0.3 is 19.5 Å². The van der Waals surface area contributed by atoms with E-state index < -0.39 is 36.6 Å². The number of alkyl halides is 2. The molecule has 1 saturated heterocycles. The molecule has 2 aliphatic rings. The molecule has 1 aliphatic heterocycles. The van der Waals surface area contributed by atoms with Gasteiger partial charge in [-0.1, -0.05) is 13.0 Å². The van der Waals surface area contributed by atoms with E-state index in [4.69, 9.17) is 9.47 Å². The molecule has 8 nitrogen and oxygen atoms in total. The summed E-state index contributed by atoms with van der Waals surface area (Å²) < 4.78 is 39.2. The number of nitrogens with one attached hydrogen (secondary N) is 1. The zero-order valence-corrected chi connectivity index (χ0v) is 16.8. The predicted molar refractivity (Wildman–Crippen MR) is 100 cm³/mol. The lowest BCUT2D eigenvalue weighted by Crippen LogP contribution is -2.49. The first-order chi connectivity index (χ1) is 14.2. The van der Waals surface area contributed by atoms with Crippen molar-refractivity contribution in [3.05, 3.63) is 23.8 Å². The van der Waals surface area contributed by atoms with Crippen LogP contribution >= 0.6 is 0 Å². The van der Waals surface area contributed by atoms with Crippen LogP contribution in [-0.2, 0) is 20.9 Å². The number of carbonyl (C=O) groups is 3. The number of nitrogens with zero attached hydrogens (tertiary/aromatic N) is 1. The summed E-state index contributed by atoms with van der Waals surface area (Å²) in [6.07, 6.45) is 2.77. The highest BCUT2D eigenvalue weighted by atomic mass is 19.3. The van der Waals surface area contributed by atoms with Gasteiger partial charge in [0.1, 0.15) is 18.7 Å². The average Bonchev–Trinajstić information content (AvgIpc) is 2.93. The van der Waals surface area contributed by atoms with E-state index in [9.17, 15) is 23.2 Å². The van der Waals surface area contributed by atoms with Crippen molar-refractivity contribution in [3.8, 4) is 11.5 Å². The maximum absolute atomic E-state index is 12.8. The zero-order valence-electron chi connectivity index (χ0n) is 16.8. The zero-order chi connectivity index (χ0) is 21.9. The number of esters is 1. The molecule has 1 aliphatic carbocycles. The Morgan fingerprint density at radius 3 is 2.60 bits per heavy atom. The van der Waals surface area contributed by atoms with Crippen LogP contribution in [-0.4, -0.2) is 48.6 Å². The second-order valence-corrected chi connectivity index (χ2v) is 7.61. The first kappa shape index (κ1) is 21.8. The number of rotatable bonds is 7. The molecule has 1 aromatic carbocycles. The van der Waals surface area contributed by atoms with Crippen LogP contribution in [0.5, 0.6) is 11.5 Å². The quantitative estimate of drug-likeness (QED) is 0.532. The van der Waals surface area contributed by atoms with Gasteiger partial charge in [0, 0.05) is 0 Å². The van der Waals surface area contributed by atoms with E-state index >= 15 is 0 Å². The Balaban J connectivity index is 1.57. The summed E-state index contributed by atoms with van der Waals surface area (Å²) >= 11 is 0. The highest BCUT2D eigenvalue weighted by molar-refractivity contribution is 6.08. The summed E-state index contributed by atoms with van der Waals surface area (Å²) in [5, 5.41) is 2.74. The summed E-state index contributed by atoms with van der Waals surface area (Å²) in [4.78, 5) is 38.1. The van der Waals surface area contributed by atoms with E-state index in [1.54, 1.807) is 0 Å². The predicted octanol–water partition coefficient (Wildman–Crippen LogP) is 2.84. The number of hydrogen-bond donors (Lipinski definition) is 1. The topological polar surface area (TPSA) is 94.2 Å². The SMILES string of the molecule is COc1cc(COC(=O)CN2C(=O)NC3(CCC(C)CC3)C2=O)ccc1OC(F)F. The van der Waals surface area contributed by atoms with Crippen molar-refractivity contribution in [1.82, 2.24) is 10.2 Å². The van der Waals surface area contributed by atoms with E-state index in [-0.39, 0.29) is 18.1 Å². The molecule has 0 atom stereocenters. The molecule has 1 N–H and O–H groups in total. The first-order valence-corrected chi connectivity index (χ1v) is 9.65. The largest absolute Gasteiger partial charge is 0.493 e. The van der Waals surface area contributed by atoms with Crippen LogP contribution < -0.4 is 14.8 Å². The lowest BCUT2D eigenvalue weighted by atomic mass is 9.77. The average molecular weight is 426 g/mol. The Hall–Kier alpha value is -2.91. The fourth-order valence-corrected chi connectivity index (χ4v) is 3.75. The summed E-state index contributed by atoms with van der Waals surface area (Å²) in [5.74, 6) is -0.743. The van der Waals surface area contributed by atoms with Crippen LogP contribution in [0.4, 0.5) is 13.6 Å². The van der Waals surface area contributed by atoms with Gasteiger partial charge >= 0.3 is 18.6 Å². The van der Waals surface area contributed by atoms with Gasteiger partial charge in [0.25, 0.3) is 5.91 Å². The minimum absolute atomic E-state index is 0.0615. The molecular weight excluding hydrogens is 402 g/mol. The van der Waals surface area contributed by atoms with Crippen molar-refractivity contribution < 1.29 is 37.4 Å². The van der Waals surface area contributed by atoms with Crippen molar-refractivity contribution >= 4 is 17.9 Å². The number of halogens is 2. The molecule has 0 aromatic heterocycles. The van der Waals surface area contributed by atoms with Crippen molar-refractivity contribution in [2.24, 2.45) is 5.92 Å². The number of hydrogen-bond acceptors (Lipinski definition) is 6. The fraction of sp³-hybridized carbons (Fsp3) is 0.550. The van der Waals surface area contributed by atoms with E-state index in [0.717, 1.165) is 17.7 Å². The van der Waals surface area contributed by atoms with E-state index in [0.29, 0.717) is 24.3 Å². The third-order valence-electron chi connectivity index (χ3n) is 5.50. The standard InChI is InChI=1S/C20H24F2N2O6/c1-12-5-7-20(8-6-12)17(26)24(19(27)23-20)10-16(25)29-11-13-3-4-14(30-18(21)22)15(9-13)28-2/h3-4,9,12,18H,5-8,10-11H2,1-2H3,(H,23,27). The molecule has 2 fully saturated rings. The molecule has 3 amide bonds. The van der Waals surface area contributed by atoms with Crippen LogP contribution in [0, 0.1) is 5.92 Å². The molecule has 1 spiro atoms. The Kier molecular flexibility index (Phi) is 6.42. The lowest BCUT2D eigenvalue weighted by molar-refractivity contribution is -0.149. The number of ether oxygens (including phenoxy) is 3. The third-order valence-corrected chi connectivity index (χ3v) is 5.50. The Morgan fingerprint density at radius 1 is 1.27 bits per heavy atom. The second-order valence-electron chi connectivity index (χ2n) is 7.61. The Morgan fingerprint density at radius 2 is 1.97 bits per heavy atom. The lowest BCUT2D eigenvalue weighted by Gasteiger charge is -2.33. The maximum Gasteiger partial charge on any atom is 0.387 e. The maximum atomic E-state index is 12.8. The Labute approximate surface area is 172 Å². The van der Waals surface area contributed by atoms with Crippen molar-refractivity contribution in [3.63, 3.8) is 0 Å². The highest BCUT2D eigenvalue weighted by Gasteiger charge is 2.52. The van der Waals surface area contributed by atoms with Crippen LogP contribution in [0.2, 0.25) is 0 Å². The molecule has 30 heavy (non-hydrogen) atoms. The third kappa shape index (κ3) is 4.63. The van der Waals surface area contributed by atoms with Crippen LogP contribution in [0.1, 0.15) is 38.2 Å². The molecule has 1 saturated carbocycles. The number of benzene rings is 1. The highest BCUT2D eigenvalue weighted by Crippen LogP contribution is 2.36. The van der Waals surface area contributed by atoms with E-state index in [1.807, 2.05) is 0 Å². The molecule has 0 bridgehead atoms. The van der Waals surface area contributed by atoms with Crippen molar-refractivity contribution in [2.45, 2.75) is 51.4 Å². The number of methoxy groups -OCH3 is 1.